The Bertz CT molecular complexity index is 102. The van der Waals surface area contributed by atoms with Gasteiger partial charge in [-0.15, -0.1) is 0 Å². The Morgan fingerprint density at radius 2 is 2.00 bits per heavy atom. The van der Waals surface area contributed by atoms with Gasteiger partial charge in [-0.2, -0.15) is 0 Å². The maximum absolute atomic E-state index is 9.81. The summed E-state index contributed by atoms with van der Waals surface area (Å²) in [5.74, 6) is 0. The zero-order valence-electron chi connectivity index (χ0n) is 4.81. The highest BCUT2D eigenvalue weighted by molar-refractivity contribution is 7.32. The smallest absolute Gasteiger partial charge is 0.318 e. The lowest BCUT2D eigenvalue weighted by molar-refractivity contribution is -0.0965. The molecule has 0 aromatic rings. The molecule has 0 heterocycles. The average Bonchev–Trinajstić information content (AvgIpc) is 1.63. The highest BCUT2D eigenvalue weighted by atomic mass is 31.1. The van der Waals surface area contributed by atoms with Gasteiger partial charge in [-0.05, 0) is 6.92 Å². The van der Waals surface area contributed by atoms with E-state index in [4.69, 9.17) is 15.1 Å². The largest absolute Gasteiger partial charge is 0.388 e. The third kappa shape index (κ3) is 4.57. The Labute approximate surface area is 52.8 Å². The molecule has 6 heteroatoms. The van der Waals surface area contributed by atoms with Crippen molar-refractivity contribution in [2.75, 3.05) is 0 Å². The molecule has 3 atom stereocenters. The number of aliphatic hydroxyl groups excluding tert-OH is 2. The molecule has 0 radical (unpaired) electrons. The summed E-state index contributed by atoms with van der Waals surface area (Å²) in [5, 5.41) is 17.0. The van der Waals surface area contributed by atoms with Crippen molar-refractivity contribution in [3.63, 3.8) is 0 Å². The van der Waals surface area contributed by atoms with Gasteiger partial charge in [-0.3, -0.25) is 9.09 Å². The highest BCUT2D eigenvalue weighted by Crippen LogP contribution is 2.17. The summed E-state index contributed by atoms with van der Waals surface area (Å²) >= 11 is 0. The first-order valence-corrected chi connectivity index (χ1v) is 3.56. The van der Waals surface area contributed by atoms with Gasteiger partial charge in [0.1, 0.15) is 6.10 Å². The van der Waals surface area contributed by atoms with Crippen LogP contribution in [0.4, 0.5) is 0 Å². The first-order chi connectivity index (χ1) is 4.04. The van der Waals surface area contributed by atoms with E-state index in [0.29, 0.717) is 0 Å². The van der Waals surface area contributed by atoms with Crippen LogP contribution in [0.3, 0.4) is 0 Å². The lowest BCUT2D eigenvalue weighted by Gasteiger charge is -2.10. The summed E-state index contributed by atoms with van der Waals surface area (Å²) in [5.41, 5.74) is 0. The fourth-order valence-electron chi connectivity index (χ4n) is 0.202. The van der Waals surface area contributed by atoms with Crippen LogP contribution in [-0.4, -0.2) is 27.5 Å². The third-order valence-corrected chi connectivity index (χ3v) is 1.08. The minimum Gasteiger partial charge on any atom is -0.388 e. The Morgan fingerprint density at radius 1 is 1.56 bits per heavy atom. The molecule has 0 fully saturated rings. The van der Waals surface area contributed by atoms with Gasteiger partial charge in [0, 0.05) is 0 Å². The molecule has 0 amide bonds. The molecule has 1 unspecified atom stereocenters. The van der Waals surface area contributed by atoms with Gasteiger partial charge in [-0.25, -0.2) is 0 Å². The molecule has 0 rings (SSSR count). The molecule has 0 aliphatic heterocycles. The monoisotopic (exact) mass is 156 g/mol. The van der Waals surface area contributed by atoms with Crippen LogP contribution in [0.5, 0.6) is 0 Å². The Balaban J connectivity index is 3.50. The van der Waals surface area contributed by atoms with Crippen LogP contribution < -0.4 is 0 Å². The quantitative estimate of drug-likeness (QED) is 0.363. The minimum atomic E-state index is -3.14. The van der Waals surface area contributed by atoms with Crippen molar-refractivity contribution in [3.8, 4) is 0 Å². The van der Waals surface area contributed by atoms with Crippen molar-refractivity contribution >= 4 is 8.25 Å². The van der Waals surface area contributed by atoms with Crippen LogP contribution in [0, 0.1) is 0 Å². The fraction of sp³-hybridized carbons (Fsp3) is 1.00. The summed E-state index contributed by atoms with van der Waals surface area (Å²) < 4.78 is 13.7. The maximum atomic E-state index is 9.81. The van der Waals surface area contributed by atoms with Crippen molar-refractivity contribution in [1.29, 1.82) is 0 Å². The molecule has 0 bridgehead atoms. The maximum Gasteiger partial charge on any atom is 0.318 e. The van der Waals surface area contributed by atoms with Crippen LogP contribution in [-0.2, 0) is 9.09 Å². The molecule has 0 aliphatic rings. The van der Waals surface area contributed by atoms with Gasteiger partial charge in [0.25, 0.3) is 0 Å². The van der Waals surface area contributed by atoms with Crippen molar-refractivity contribution in [2.24, 2.45) is 0 Å². The number of aliphatic hydroxyl groups is 2. The number of hydrogen-bond donors (Lipinski definition) is 3. The molecule has 0 aromatic heterocycles. The molecule has 0 aromatic carbocycles. The van der Waals surface area contributed by atoms with E-state index in [1.807, 2.05) is 0 Å². The summed E-state index contributed by atoms with van der Waals surface area (Å²) in [6, 6.07) is 0. The van der Waals surface area contributed by atoms with Gasteiger partial charge >= 0.3 is 8.25 Å². The van der Waals surface area contributed by atoms with Crippen molar-refractivity contribution in [2.45, 2.75) is 19.3 Å². The van der Waals surface area contributed by atoms with E-state index in [9.17, 15) is 4.57 Å². The SMILES string of the molecule is C[C@H](O)[C@@H](O)O[PH](=O)O. The van der Waals surface area contributed by atoms with E-state index in [1.54, 1.807) is 0 Å². The molecule has 9 heavy (non-hydrogen) atoms. The van der Waals surface area contributed by atoms with Crippen LogP contribution >= 0.6 is 8.25 Å². The number of rotatable bonds is 3. The molecule has 0 saturated heterocycles. The molecule has 3 N–H and O–H groups in total. The fourth-order valence-corrected chi connectivity index (χ4v) is 0.605. The van der Waals surface area contributed by atoms with Crippen LogP contribution in [0.15, 0.2) is 0 Å². The Morgan fingerprint density at radius 3 is 2.11 bits per heavy atom. The average molecular weight is 156 g/mol. The van der Waals surface area contributed by atoms with Crippen LogP contribution in [0.1, 0.15) is 6.92 Å². The Kier molecular flexibility index (Phi) is 4.01. The molecule has 0 spiro atoms. The first kappa shape index (κ1) is 9.07. The van der Waals surface area contributed by atoms with E-state index in [2.05, 4.69) is 4.52 Å². The minimum absolute atomic E-state index is 1.15. The van der Waals surface area contributed by atoms with Crippen LogP contribution in [0.2, 0.25) is 0 Å². The van der Waals surface area contributed by atoms with E-state index in [-0.39, 0.29) is 0 Å². The topological polar surface area (TPSA) is 87.0 Å². The second kappa shape index (κ2) is 3.98. The van der Waals surface area contributed by atoms with Gasteiger partial charge < -0.3 is 15.1 Å². The molecule has 0 saturated carbocycles. The summed E-state index contributed by atoms with van der Waals surface area (Å²) in [6.07, 6.45) is -2.72. The Hall–Kier alpha value is 0.0700. The second-order valence-corrected chi connectivity index (χ2v) is 2.28. The lowest BCUT2D eigenvalue weighted by Crippen LogP contribution is -2.22. The lowest BCUT2D eigenvalue weighted by atomic mass is 10.4. The highest BCUT2D eigenvalue weighted by Gasteiger charge is 2.12. The predicted molar refractivity (Wildman–Crippen MR) is 30.0 cm³/mol. The molecule has 56 valence electrons. The summed E-state index contributed by atoms with van der Waals surface area (Å²) in [4.78, 5) is 8.02. The van der Waals surface area contributed by atoms with Crippen LogP contribution in [0.25, 0.3) is 0 Å². The first-order valence-electron chi connectivity index (χ1n) is 2.29. The van der Waals surface area contributed by atoms with Crippen molar-refractivity contribution < 1.29 is 24.2 Å². The molecular formula is C3H9O5P. The molecular weight excluding hydrogens is 147 g/mol. The van der Waals surface area contributed by atoms with Gasteiger partial charge in [0.05, 0.1) is 0 Å². The van der Waals surface area contributed by atoms with Gasteiger partial charge in [-0.1, -0.05) is 0 Å². The molecule has 5 nitrogen and oxygen atoms in total. The zero-order valence-corrected chi connectivity index (χ0v) is 5.81. The predicted octanol–water partition coefficient (Wildman–Crippen LogP) is -0.916. The van der Waals surface area contributed by atoms with E-state index in [0.717, 1.165) is 0 Å². The summed E-state index contributed by atoms with van der Waals surface area (Å²) in [6.45, 7) is 1.25. The number of hydrogen-bond acceptors (Lipinski definition) is 4. The summed E-state index contributed by atoms with van der Waals surface area (Å²) in [7, 11) is -3.14. The standard InChI is InChI=1S/C3H9O5P/c1-2(4)3(5)8-9(6)7/h2-5,9H,1H3,(H,6,7)/t2-,3-/m0/s1. The zero-order chi connectivity index (χ0) is 7.44. The third-order valence-electron chi connectivity index (χ3n) is 0.634. The van der Waals surface area contributed by atoms with Crippen molar-refractivity contribution in [1.82, 2.24) is 0 Å². The normalized spacial score (nSPS) is 20.9. The van der Waals surface area contributed by atoms with Gasteiger partial charge in [0.2, 0.25) is 0 Å². The van der Waals surface area contributed by atoms with Gasteiger partial charge in [0.15, 0.2) is 6.29 Å². The van der Waals surface area contributed by atoms with Crippen molar-refractivity contribution in [3.05, 3.63) is 0 Å². The van der Waals surface area contributed by atoms with E-state index < -0.39 is 20.6 Å². The van der Waals surface area contributed by atoms with E-state index >= 15 is 0 Å². The van der Waals surface area contributed by atoms with E-state index in [1.165, 1.54) is 6.92 Å². The molecule has 0 aliphatic carbocycles. The second-order valence-electron chi connectivity index (χ2n) is 1.51.